The van der Waals surface area contributed by atoms with Crippen LogP contribution in [0.2, 0.25) is 0 Å². The van der Waals surface area contributed by atoms with Crippen molar-refractivity contribution in [1.82, 2.24) is 10.2 Å². The zero-order valence-electron chi connectivity index (χ0n) is 13.1. The molecule has 1 aromatic heterocycles. The molecule has 0 spiro atoms. The summed E-state index contributed by atoms with van der Waals surface area (Å²) in [6.45, 7) is 1.88. The quantitative estimate of drug-likeness (QED) is 0.726. The van der Waals surface area contributed by atoms with Crippen LogP contribution in [-0.4, -0.2) is 30.4 Å². The number of benzene rings is 1. The third-order valence-corrected chi connectivity index (χ3v) is 6.64. The van der Waals surface area contributed by atoms with Crippen molar-refractivity contribution < 1.29 is 18.0 Å². The lowest BCUT2D eigenvalue weighted by molar-refractivity contribution is -0.120. The lowest BCUT2D eigenvalue weighted by atomic mass is 10.3. The van der Waals surface area contributed by atoms with Crippen molar-refractivity contribution in [3.63, 3.8) is 0 Å². The van der Waals surface area contributed by atoms with Crippen LogP contribution in [0, 0.1) is 0 Å². The van der Waals surface area contributed by atoms with Gasteiger partial charge in [-0.3, -0.25) is 14.3 Å². The van der Waals surface area contributed by atoms with Crippen LogP contribution >= 0.6 is 34.5 Å². The second-order valence-electron chi connectivity index (χ2n) is 5.03. The van der Waals surface area contributed by atoms with E-state index in [-0.39, 0.29) is 25.8 Å². The molecule has 2 heterocycles. The number of carbonyl (C=O) groups is 2. The van der Waals surface area contributed by atoms with Gasteiger partial charge < -0.3 is 0 Å². The number of nitrogens with zero attached hydrogens (tertiary/aromatic N) is 3. The number of hydrogen-bond donors (Lipinski definition) is 1. The molecule has 26 heavy (non-hydrogen) atoms. The fourth-order valence-electron chi connectivity index (χ4n) is 2.10. The average molecular weight is 433 g/mol. The Morgan fingerprint density at radius 2 is 1.65 bits per heavy atom. The van der Waals surface area contributed by atoms with E-state index in [0.29, 0.717) is 11.4 Å². The van der Waals surface area contributed by atoms with Crippen LogP contribution < -0.4 is 9.62 Å². The van der Waals surface area contributed by atoms with E-state index in [1.807, 2.05) is 6.92 Å². The zero-order chi connectivity index (χ0) is 19.1. The predicted octanol–water partition coefficient (Wildman–Crippen LogP) is 2.46. The Bertz CT molecular complexity index is 1010. The smallest absolute Gasteiger partial charge is 0.267 e. The third-order valence-electron chi connectivity index (χ3n) is 3.37. The highest BCUT2D eigenvalue weighted by Gasteiger charge is 2.37. The van der Waals surface area contributed by atoms with Gasteiger partial charge >= 0.3 is 0 Å². The summed E-state index contributed by atoms with van der Waals surface area (Å²) in [4.78, 5) is 24.6. The molecule has 2 aromatic rings. The van der Waals surface area contributed by atoms with E-state index in [1.54, 1.807) is 0 Å². The summed E-state index contributed by atoms with van der Waals surface area (Å²) in [7, 11) is -3.89. The summed E-state index contributed by atoms with van der Waals surface area (Å²) < 4.78 is 27.1. The summed E-state index contributed by atoms with van der Waals surface area (Å²) in [6.07, 6.45) is 0.644. The lowest BCUT2D eigenvalue weighted by Crippen LogP contribution is -2.30. The van der Waals surface area contributed by atoms with Crippen molar-refractivity contribution >= 4 is 67.2 Å². The molecule has 1 aliphatic heterocycles. The minimum absolute atomic E-state index is 0.0706. The van der Waals surface area contributed by atoms with Gasteiger partial charge in [-0.1, -0.05) is 41.5 Å². The molecular weight excluding hydrogens is 423 g/mol. The maximum atomic E-state index is 12.4. The second-order valence-corrected chi connectivity index (χ2v) is 8.53. The minimum Gasteiger partial charge on any atom is -0.267 e. The van der Waals surface area contributed by atoms with E-state index in [4.69, 9.17) is 23.2 Å². The van der Waals surface area contributed by atoms with Crippen molar-refractivity contribution in [3.05, 3.63) is 39.3 Å². The van der Waals surface area contributed by atoms with Gasteiger partial charge in [0.15, 0.2) is 0 Å². The molecule has 1 N–H and O–H groups in total. The number of aromatic nitrogens is 2. The standard InChI is InChI=1S/C14H10Cl2N4O4S2/c1-2-9-17-18-14(25-9)19-26(23,24)8-5-3-7(4-6-8)20-12(21)10(15)11(16)13(20)22/h3-6H,2H2,1H3,(H,18,19). The number of aryl methyl sites for hydroxylation is 1. The highest BCUT2D eigenvalue weighted by Crippen LogP contribution is 2.31. The highest BCUT2D eigenvalue weighted by molar-refractivity contribution is 7.93. The first kappa shape index (κ1) is 18.8. The van der Waals surface area contributed by atoms with Gasteiger partial charge in [0.25, 0.3) is 21.8 Å². The highest BCUT2D eigenvalue weighted by atomic mass is 35.5. The summed E-state index contributed by atoms with van der Waals surface area (Å²) in [5, 5.41) is 7.70. The van der Waals surface area contributed by atoms with E-state index in [0.717, 1.165) is 16.2 Å². The van der Waals surface area contributed by atoms with Crippen molar-refractivity contribution in [2.75, 3.05) is 9.62 Å². The first-order valence-electron chi connectivity index (χ1n) is 7.14. The summed E-state index contributed by atoms with van der Waals surface area (Å²) >= 11 is 12.5. The molecule has 0 fully saturated rings. The Kier molecular flexibility index (Phi) is 5.02. The molecule has 1 aliphatic rings. The second kappa shape index (κ2) is 6.95. The fourth-order valence-corrected chi connectivity index (χ4v) is 4.34. The number of rotatable bonds is 5. The van der Waals surface area contributed by atoms with Crippen LogP contribution in [0.5, 0.6) is 0 Å². The van der Waals surface area contributed by atoms with Crippen LogP contribution in [0.4, 0.5) is 10.8 Å². The number of anilines is 2. The maximum absolute atomic E-state index is 12.4. The molecule has 0 radical (unpaired) electrons. The Balaban J connectivity index is 1.83. The summed E-state index contributed by atoms with van der Waals surface area (Å²) in [5.41, 5.74) is 0.150. The molecule has 0 unspecified atom stereocenters. The first-order chi connectivity index (χ1) is 12.2. The fraction of sp³-hybridized carbons (Fsp3) is 0.143. The van der Waals surface area contributed by atoms with Crippen molar-refractivity contribution in [1.29, 1.82) is 0 Å². The molecular formula is C14H10Cl2N4O4S2. The molecule has 0 aliphatic carbocycles. The molecule has 0 saturated carbocycles. The monoisotopic (exact) mass is 432 g/mol. The van der Waals surface area contributed by atoms with E-state index >= 15 is 0 Å². The molecule has 0 bridgehead atoms. The Labute approximate surface area is 162 Å². The first-order valence-corrected chi connectivity index (χ1v) is 10.2. The number of carbonyl (C=O) groups excluding carboxylic acids is 2. The molecule has 0 saturated heterocycles. The van der Waals surface area contributed by atoms with Crippen molar-refractivity contribution in [2.24, 2.45) is 0 Å². The topological polar surface area (TPSA) is 109 Å². The van der Waals surface area contributed by atoms with E-state index in [9.17, 15) is 18.0 Å². The van der Waals surface area contributed by atoms with Gasteiger partial charge in [-0.2, -0.15) is 0 Å². The average Bonchev–Trinajstić information content (AvgIpc) is 3.14. The largest absolute Gasteiger partial charge is 0.278 e. The molecule has 136 valence electrons. The van der Waals surface area contributed by atoms with Crippen LogP contribution in [0.1, 0.15) is 11.9 Å². The molecule has 2 amide bonds. The van der Waals surface area contributed by atoms with E-state index < -0.39 is 21.8 Å². The number of amides is 2. The molecule has 0 atom stereocenters. The summed E-state index contributed by atoms with van der Waals surface area (Å²) in [6, 6.07) is 5.11. The van der Waals surface area contributed by atoms with E-state index in [1.165, 1.54) is 24.3 Å². The molecule has 12 heteroatoms. The normalized spacial score (nSPS) is 15.1. The van der Waals surface area contributed by atoms with Gasteiger partial charge in [0.05, 0.1) is 10.6 Å². The van der Waals surface area contributed by atoms with Crippen molar-refractivity contribution in [3.8, 4) is 0 Å². The van der Waals surface area contributed by atoms with Gasteiger partial charge in [0.1, 0.15) is 15.1 Å². The van der Waals surface area contributed by atoms with Crippen LogP contribution in [0.3, 0.4) is 0 Å². The third kappa shape index (κ3) is 3.32. The number of halogens is 2. The SMILES string of the molecule is CCc1nnc(NS(=O)(=O)c2ccc(N3C(=O)C(Cl)=C(Cl)C3=O)cc2)s1. The number of hydrogen-bond acceptors (Lipinski definition) is 7. The Morgan fingerprint density at radius 3 is 2.15 bits per heavy atom. The van der Waals surface area contributed by atoms with Crippen molar-refractivity contribution in [2.45, 2.75) is 18.2 Å². The summed E-state index contributed by atoms with van der Waals surface area (Å²) in [5.74, 6) is -1.53. The van der Waals surface area contributed by atoms with Gasteiger partial charge in [-0.15, -0.1) is 10.2 Å². The van der Waals surface area contributed by atoms with Crippen LogP contribution in [-0.2, 0) is 26.0 Å². The zero-order valence-corrected chi connectivity index (χ0v) is 16.2. The van der Waals surface area contributed by atoms with Gasteiger partial charge in [-0.05, 0) is 30.7 Å². The van der Waals surface area contributed by atoms with Gasteiger partial charge in [0.2, 0.25) is 5.13 Å². The van der Waals surface area contributed by atoms with Gasteiger partial charge in [0, 0.05) is 0 Å². The molecule has 3 rings (SSSR count). The lowest BCUT2D eigenvalue weighted by Gasteiger charge is -2.14. The van der Waals surface area contributed by atoms with Gasteiger partial charge in [-0.25, -0.2) is 13.3 Å². The Morgan fingerprint density at radius 1 is 1.08 bits per heavy atom. The Hall–Kier alpha value is -2.01. The number of sulfonamides is 1. The molecule has 1 aromatic carbocycles. The maximum Gasteiger partial charge on any atom is 0.278 e. The van der Waals surface area contributed by atoms with Crippen LogP contribution in [0.15, 0.2) is 39.2 Å². The predicted molar refractivity (Wildman–Crippen MR) is 97.8 cm³/mol. The van der Waals surface area contributed by atoms with E-state index in [2.05, 4.69) is 14.9 Å². The minimum atomic E-state index is -3.89. The van der Waals surface area contributed by atoms with Crippen LogP contribution in [0.25, 0.3) is 0 Å². The number of nitrogens with one attached hydrogen (secondary N) is 1. The number of imide groups is 1. The molecule has 8 nitrogen and oxygen atoms in total.